The first-order valence-corrected chi connectivity index (χ1v) is 12.0. The highest BCUT2D eigenvalue weighted by Crippen LogP contribution is 2.26. The number of allylic oxidation sites excluding steroid dienone is 1. The van der Waals surface area contributed by atoms with E-state index < -0.39 is 0 Å². The van der Waals surface area contributed by atoms with Crippen LogP contribution in [0.1, 0.15) is 39.0 Å². The van der Waals surface area contributed by atoms with Crippen molar-refractivity contribution in [1.82, 2.24) is 10.3 Å². The third-order valence-corrected chi connectivity index (χ3v) is 6.34. The summed E-state index contributed by atoms with van der Waals surface area (Å²) in [5, 5.41) is 8.96. The molecule has 2 unspecified atom stereocenters. The third-order valence-electron chi connectivity index (χ3n) is 6.34. The van der Waals surface area contributed by atoms with Crippen LogP contribution < -0.4 is 16.0 Å². The average molecular weight is 476 g/mol. The van der Waals surface area contributed by atoms with E-state index in [1.807, 2.05) is 6.08 Å². The van der Waals surface area contributed by atoms with Gasteiger partial charge in [-0.2, -0.15) is 0 Å². The van der Waals surface area contributed by atoms with Crippen LogP contribution in [-0.4, -0.2) is 29.1 Å². The molecular weight excluding hydrogens is 445 g/mol. The molecule has 0 aliphatic carbocycles. The number of piperidine rings is 1. The number of anilines is 3. The number of carbonyl (C=O) groups is 2. The fourth-order valence-electron chi connectivity index (χ4n) is 4.24. The second kappa shape index (κ2) is 11.6. The van der Waals surface area contributed by atoms with Crippen molar-refractivity contribution >= 4 is 34.6 Å². The van der Waals surface area contributed by atoms with Crippen LogP contribution in [0, 0.1) is 17.7 Å². The maximum absolute atomic E-state index is 13.2. The number of carbonyl (C=O) groups excluding carboxylic acids is 2. The third kappa shape index (κ3) is 6.85. The Morgan fingerprint density at radius 2 is 2.03 bits per heavy atom. The van der Waals surface area contributed by atoms with Crippen molar-refractivity contribution in [3.8, 4) is 0 Å². The van der Waals surface area contributed by atoms with Gasteiger partial charge >= 0.3 is 0 Å². The Labute approximate surface area is 204 Å². The molecule has 1 aromatic heterocycles. The normalized spacial score (nSPS) is 20.1. The van der Waals surface area contributed by atoms with Crippen LogP contribution >= 0.6 is 0 Å². The first kappa shape index (κ1) is 24.3. The van der Waals surface area contributed by atoms with Gasteiger partial charge in [0.1, 0.15) is 5.82 Å². The van der Waals surface area contributed by atoms with E-state index in [9.17, 15) is 14.0 Å². The van der Waals surface area contributed by atoms with Crippen molar-refractivity contribution in [2.45, 2.75) is 39.0 Å². The smallest absolute Gasteiger partial charge is 0.257 e. The fourth-order valence-corrected chi connectivity index (χ4v) is 4.24. The van der Waals surface area contributed by atoms with E-state index in [2.05, 4.69) is 32.9 Å². The van der Waals surface area contributed by atoms with Crippen LogP contribution in [0.4, 0.5) is 21.5 Å². The molecule has 1 saturated heterocycles. The number of rotatable bonds is 7. The summed E-state index contributed by atoms with van der Waals surface area (Å²) in [5.74, 6) is 0.175. The molecule has 4 rings (SSSR count). The summed E-state index contributed by atoms with van der Waals surface area (Å²) in [4.78, 5) is 33.6. The molecular formula is C27H30FN5O2. The van der Waals surface area contributed by atoms with Crippen LogP contribution in [0.5, 0.6) is 0 Å². The molecule has 1 fully saturated rings. The summed E-state index contributed by atoms with van der Waals surface area (Å²) in [7, 11) is 0. The zero-order valence-corrected chi connectivity index (χ0v) is 19.8. The summed E-state index contributed by atoms with van der Waals surface area (Å²) in [6, 6.07) is 7.66. The van der Waals surface area contributed by atoms with Crippen LogP contribution in [0.15, 0.2) is 71.6 Å². The minimum absolute atomic E-state index is 0.125. The highest BCUT2D eigenvalue weighted by Gasteiger charge is 2.21. The average Bonchev–Trinajstić information content (AvgIpc) is 2.84. The fraction of sp³-hybridized carbons (Fsp3) is 0.333. The Balaban J connectivity index is 1.44. The maximum atomic E-state index is 13.2. The van der Waals surface area contributed by atoms with Gasteiger partial charge in [-0.05, 0) is 67.9 Å². The topological polar surface area (TPSA) is 95.5 Å². The summed E-state index contributed by atoms with van der Waals surface area (Å²) in [6.07, 6.45) is 12.7. The Hall–Kier alpha value is -3.81. The van der Waals surface area contributed by atoms with E-state index in [1.165, 1.54) is 12.1 Å². The van der Waals surface area contributed by atoms with Gasteiger partial charge in [0.2, 0.25) is 5.91 Å². The summed E-state index contributed by atoms with van der Waals surface area (Å²) in [6.45, 7) is 2.88. The number of aliphatic imine (C=N–C) groups is 1. The predicted octanol–water partition coefficient (Wildman–Crippen LogP) is 5.13. The quantitative estimate of drug-likeness (QED) is 0.517. The zero-order valence-electron chi connectivity index (χ0n) is 19.8. The molecule has 2 atom stereocenters. The Morgan fingerprint density at radius 3 is 2.83 bits per heavy atom. The number of benzene rings is 1. The van der Waals surface area contributed by atoms with E-state index in [0.717, 1.165) is 37.9 Å². The Bertz CT molecular complexity index is 1160. The van der Waals surface area contributed by atoms with Crippen molar-refractivity contribution in [3.05, 3.63) is 72.5 Å². The van der Waals surface area contributed by atoms with Crippen molar-refractivity contribution in [1.29, 1.82) is 0 Å². The molecule has 1 aromatic carbocycles. The summed E-state index contributed by atoms with van der Waals surface area (Å²) >= 11 is 0. The molecule has 0 spiro atoms. The van der Waals surface area contributed by atoms with Gasteiger partial charge in [0.15, 0.2) is 0 Å². The first-order valence-electron chi connectivity index (χ1n) is 12.0. The molecule has 2 amide bonds. The Morgan fingerprint density at radius 1 is 1.20 bits per heavy atom. The SMILES string of the molecule is CC1CC=CC(C(=O)Nc2ccncc2Nc2ccc(F)cc2)=CN=C1CCC1CCNC(=O)C1. The standard InChI is InChI=1S/C27H30FN5O2/c1-18-3-2-4-20(16-31-23(18)10-5-19-11-14-30-26(34)15-19)27(35)33-24-12-13-29-17-25(24)32-22-8-6-21(28)7-9-22/h2,4,6-9,12-13,16-19,32H,3,5,10-11,14-15H2,1H3,(H,30,34)(H,29,33,35). The predicted molar refractivity (Wildman–Crippen MR) is 136 cm³/mol. The lowest BCUT2D eigenvalue weighted by molar-refractivity contribution is -0.123. The first-order chi connectivity index (χ1) is 17.0. The molecule has 2 aliphatic heterocycles. The van der Waals surface area contributed by atoms with E-state index >= 15 is 0 Å². The number of amides is 2. The van der Waals surface area contributed by atoms with Gasteiger partial charge in [-0.15, -0.1) is 0 Å². The van der Waals surface area contributed by atoms with Gasteiger partial charge in [0, 0.05) is 36.8 Å². The second-order valence-electron chi connectivity index (χ2n) is 9.00. The molecule has 8 heteroatoms. The maximum Gasteiger partial charge on any atom is 0.257 e. The molecule has 3 N–H and O–H groups in total. The van der Waals surface area contributed by atoms with Gasteiger partial charge < -0.3 is 16.0 Å². The number of halogens is 1. The number of hydrogen-bond donors (Lipinski definition) is 3. The monoisotopic (exact) mass is 475 g/mol. The molecule has 35 heavy (non-hydrogen) atoms. The lowest BCUT2D eigenvalue weighted by Crippen LogP contribution is -2.33. The molecule has 2 aliphatic rings. The zero-order chi connectivity index (χ0) is 24.6. The molecule has 0 bridgehead atoms. The minimum Gasteiger partial charge on any atom is -0.356 e. The summed E-state index contributed by atoms with van der Waals surface area (Å²) < 4.78 is 13.2. The van der Waals surface area contributed by atoms with Gasteiger partial charge in [-0.1, -0.05) is 19.1 Å². The highest BCUT2D eigenvalue weighted by molar-refractivity contribution is 6.07. The minimum atomic E-state index is -0.322. The van der Waals surface area contributed by atoms with Gasteiger partial charge in [-0.3, -0.25) is 19.6 Å². The lowest BCUT2D eigenvalue weighted by Gasteiger charge is -2.23. The highest BCUT2D eigenvalue weighted by atomic mass is 19.1. The van der Waals surface area contributed by atoms with Crippen molar-refractivity contribution < 1.29 is 14.0 Å². The van der Waals surface area contributed by atoms with Crippen LogP contribution in [0.25, 0.3) is 0 Å². The van der Waals surface area contributed by atoms with Crippen molar-refractivity contribution in [2.75, 3.05) is 17.2 Å². The van der Waals surface area contributed by atoms with Crippen LogP contribution in [-0.2, 0) is 9.59 Å². The van der Waals surface area contributed by atoms with E-state index in [4.69, 9.17) is 0 Å². The van der Waals surface area contributed by atoms with E-state index in [0.29, 0.717) is 35.0 Å². The van der Waals surface area contributed by atoms with Crippen LogP contribution in [0.2, 0.25) is 0 Å². The number of hydrogen-bond acceptors (Lipinski definition) is 5. The molecule has 182 valence electrons. The van der Waals surface area contributed by atoms with Crippen LogP contribution in [0.3, 0.4) is 0 Å². The van der Waals surface area contributed by atoms with Gasteiger partial charge in [0.05, 0.1) is 23.1 Å². The molecule has 0 radical (unpaired) electrons. The van der Waals surface area contributed by atoms with Gasteiger partial charge in [0.25, 0.3) is 5.91 Å². The molecule has 3 heterocycles. The molecule has 0 saturated carbocycles. The summed E-state index contributed by atoms with van der Waals surface area (Å²) in [5.41, 5.74) is 3.33. The van der Waals surface area contributed by atoms with Crippen molar-refractivity contribution in [2.24, 2.45) is 16.8 Å². The Kier molecular flexibility index (Phi) is 8.03. The largest absolute Gasteiger partial charge is 0.356 e. The number of pyridine rings is 1. The number of nitrogens with one attached hydrogen (secondary N) is 3. The van der Waals surface area contributed by atoms with E-state index in [1.54, 1.807) is 42.9 Å². The molecule has 2 aromatic rings. The molecule has 7 nitrogen and oxygen atoms in total. The van der Waals surface area contributed by atoms with Crippen molar-refractivity contribution in [3.63, 3.8) is 0 Å². The number of aromatic nitrogens is 1. The second-order valence-corrected chi connectivity index (χ2v) is 9.00. The van der Waals surface area contributed by atoms with E-state index in [-0.39, 0.29) is 23.5 Å². The lowest BCUT2D eigenvalue weighted by atomic mass is 9.88. The number of nitrogens with zero attached hydrogens (tertiary/aromatic N) is 2. The van der Waals surface area contributed by atoms with Gasteiger partial charge in [-0.25, -0.2) is 4.39 Å².